The molecule has 170 valence electrons. The first-order valence-electron chi connectivity index (χ1n) is 11.2. The van der Waals surface area contributed by atoms with Gasteiger partial charge in [-0.25, -0.2) is 8.99 Å². The zero-order valence-electron chi connectivity index (χ0n) is 17.8. The molecule has 2 aliphatic rings. The third-order valence-corrected chi connectivity index (χ3v) is 7.54. The van der Waals surface area contributed by atoms with Gasteiger partial charge < -0.3 is 14.5 Å². The number of nitrogens with one attached hydrogen (secondary N) is 1. The number of fused-ring (bicyclic) bond motifs is 1. The Morgan fingerprint density at radius 1 is 1.22 bits per heavy atom. The Labute approximate surface area is 196 Å². The molecular formula is C23H27ClN4O3S. The van der Waals surface area contributed by atoms with Crippen molar-refractivity contribution in [3.8, 4) is 0 Å². The molecular weight excluding hydrogens is 448 g/mol. The van der Waals surface area contributed by atoms with Crippen molar-refractivity contribution in [2.75, 3.05) is 38.2 Å². The van der Waals surface area contributed by atoms with Gasteiger partial charge in [-0.1, -0.05) is 29.8 Å². The Kier molecular flexibility index (Phi) is 6.73. The number of aromatic nitrogens is 2. The van der Waals surface area contributed by atoms with E-state index in [0.717, 1.165) is 74.6 Å². The SMILES string of the molecule is O=c1c(Cl)c(NCC2CCCOC2)cnn1C1CCN(Sc2cc3ccccc3o2)CC1. The summed E-state index contributed by atoms with van der Waals surface area (Å²) in [5, 5.41) is 9.96. The largest absolute Gasteiger partial charge is 0.449 e. The molecule has 1 unspecified atom stereocenters. The van der Waals surface area contributed by atoms with E-state index < -0.39 is 0 Å². The van der Waals surface area contributed by atoms with Crippen molar-refractivity contribution in [1.82, 2.24) is 14.1 Å². The molecule has 0 saturated carbocycles. The van der Waals surface area contributed by atoms with Gasteiger partial charge in [0.15, 0.2) is 5.09 Å². The van der Waals surface area contributed by atoms with Crippen molar-refractivity contribution in [2.24, 2.45) is 5.92 Å². The second-order valence-corrected chi connectivity index (χ2v) is 9.92. The Morgan fingerprint density at radius 3 is 2.84 bits per heavy atom. The van der Waals surface area contributed by atoms with Gasteiger partial charge in [0.1, 0.15) is 10.6 Å². The molecule has 0 bridgehead atoms. The molecule has 0 spiro atoms. The van der Waals surface area contributed by atoms with Gasteiger partial charge in [-0.3, -0.25) is 4.79 Å². The molecule has 1 atom stereocenters. The fourth-order valence-corrected chi connectivity index (χ4v) is 5.52. The summed E-state index contributed by atoms with van der Waals surface area (Å²) in [6, 6.07) is 10.1. The second-order valence-electron chi connectivity index (χ2n) is 8.44. The molecule has 2 saturated heterocycles. The number of hydrogen-bond donors (Lipinski definition) is 1. The molecule has 2 aromatic heterocycles. The van der Waals surface area contributed by atoms with E-state index in [1.54, 1.807) is 22.8 Å². The molecule has 5 rings (SSSR count). The minimum atomic E-state index is -0.222. The van der Waals surface area contributed by atoms with Crippen LogP contribution in [0.1, 0.15) is 31.7 Å². The maximum Gasteiger partial charge on any atom is 0.287 e. The number of ether oxygens (including phenoxy) is 1. The predicted octanol–water partition coefficient (Wildman–Crippen LogP) is 4.83. The van der Waals surface area contributed by atoms with Gasteiger partial charge in [-0.05, 0) is 55.7 Å². The first-order chi connectivity index (χ1) is 15.7. The number of halogens is 1. The molecule has 0 radical (unpaired) electrons. The monoisotopic (exact) mass is 474 g/mol. The molecule has 2 fully saturated rings. The summed E-state index contributed by atoms with van der Waals surface area (Å²) in [7, 11) is 0. The minimum absolute atomic E-state index is 0.0494. The van der Waals surface area contributed by atoms with Gasteiger partial charge in [0, 0.05) is 31.6 Å². The summed E-state index contributed by atoms with van der Waals surface area (Å²) < 4.78 is 15.3. The first kappa shape index (κ1) is 21.8. The van der Waals surface area contributed by atoms with Gasteiger partial charge in [-0.15, -0.1) is 0 Å². The van der Waals surface area contributed by atoms with Crippen LogP contribution in [0, 0.1) is 5.92 Å². The maximum absolute atomic E-state index is 12.9. The van der Waals surface area contributed by atoms with Crippen LogP contribution < -0.4 is 10.9 Å². The van der Waals surface area contributed by atoms with E-state index in [9.17, 15) is 4.79 Å². The molecule has 0 amide bonds. The van der Waals surface area contributed by atoms with Crippen LogP contribution in [0.25, 0.3) is 11.0 Å². The summed E-state index contributed by atoms with van der Waals surface area (Å²) in [5.41, 5.74) is 1.29. The normalized spacial score (nSPS) is 20.6. The van der Waals surface area contributed by atoms with E-state index in [-0.39, 0.29) is 16.6 Å². The lowest BCUT2D eigenvalue weighted by atomic mass is 10.0. The van der Waals surface area contributed by atoms with Crippen LogP contribution in [0.3, 0.4) is 0 Å². The van der Waals surface area contributed by atoms with Crippen LogP contribution in [-0.4, -0.2) is 46.9 Å². The summed E-state index contributed by atoms with van der Waals surface area (Å²) in [6.07, 6.45) is 5.56. The number of benzene rings is 1. The average molecular weight is 475 g/mol. The number of para-hydroxylation sites is 1. The Bertz CT molecular complexity index is 1090. The average Bonchev–Trinajstić information content (AvgIpc) is 3.24. The highest BCUT2D eigenvalue weighted by molar-refractivity contribution is 7.96. The van der Waals surface area contributed by atoms with Gasteiger partial charge in [0.05, 0.1) is 24.5 Å². The summed E-state index contributed by atoms with van der Waals surface area (Å²) in [4.78, 5) is 12.9. The van der Waals surface area contributed by atoms with E-state index in [4.69, 9.17) is 20.8 Å². The number of rotatable bonds is 6. The minimum Gasteiger partial charge on any atom is -0.449 e. The van der Waals surface area contributed by atoms with Crippen LogP contribution in [-0.2, 0) is 4.74 Å². The molecule has 4 heterocycles. The Balaban J connectivity index is 1.18. The van der Waals surface area contributed by atoms with Gasteiger partial charge >= 0.3 is 0 Å². The van der Waals surface area contributed by atoms with Crippen molar-refractivity contribution < 1.29 is 9.15 Å². The molecule has 1 N–H and O–H groups in total. The quantitative estimate of drug-likeness (QED) is 0.513. The van der Waals surface area contributed by atoms with Crippen LogP contribution in [0.15, 0.2) is 50.8 Å². The predicted molar refractivity (Wildman–Crippen MR) is 127 cm³/mol. The number of furan rings is 1. The fraction of sp³-hybridized carbons (Fsp3) is 0.478. The van der Waals surface area contributed by atoms with Gasteiger partial charge in [0.25, 0.3) is 5.56 Å². The lowest BCUT2D eigenvalue weighted by Crippen LogP contribution is -2.36. The molecule has 2 aliphatic heterocycles. The van der Waals surface area contributed by atoms with Crippen LogP contribution in [0.2, 0.25) is 5.02 Å². The fourth-order valence-electron chi connectivity index (χ4n) is 4.36. The zero-order valence-corrected chi connectivity index (χ0v) is 19.4. The van der Waals surface area contributed by atoms with Crippen molar-refractivity contribution in [2.45, 2.75) is 36.8 Å². The number of piperidine rings is 1. The standard InChI is InChI=1S/C23H27ClN4O3S/c24-22-19(25-13-16-4-3-11-30-15-16)14-26-28(23(22)29)18-7-9-27(10-8-18)32-21-12-17-5-1-2-6-20(17)31-21/h1-2,5-6,12,14,16,18,25H,3-4,7-11,13,15H2. The van der Waals surface area contributed by atoms with Crippen LogP contribution >= 0.6 is 23.5 Å². The lowest BCUT2D eigenvalue weighted by molar-refractivity contribution is 0.0595. The molecule has 32 heavy (non-hydrogen) atoms. The van der Waals surface area contributed by atoms with E-state index in [1.807, 2.05) is 18.2 Å². The lowest BCUT2D eigenvalue weighted by Gasteiger charge is -2.30. The highest BCUT2D eigenvalue weighted by atomic mass is 35.5. The summed E-state index contributed by atoms with van der Waals surface area (Å²) in [6.45, 7) is 4.02. The van der Waals surface area contributed by atoms with E-state index >= 15 is 0 Å². The van der Waals surface area contributed by atoms with Gasteiger partial charge in [-0.2, -0.15) is 5.10 Å². The third-order valence-electron chi connectivity index (χ3n) is 6.17. The Morgan fingerprint density at radius 2 is 2.06 bits per heavy atom. The molecule has 7 nitrogen and oxygen atoms in total. The molecule has 0 aliphatic carbocycles. The molecule has 3 aromatic rings. The zero-order chi connectivity index (χ0) is 21.9. The van der Waals surface area contributed by atoms with Crippen molar-refractivity contribution >= 4 is 40.2 Å². The first-order valence-corrected chi connectivity index (χ1v) is 12.3. The highest BCUT2D eigenvalue weighted by Gasteiger charge is 2.25. The smallest absolute Gasteiger partial charge is 0.287 e. The van der Waals surface area contributed by atoms with Crippen LogP contribution in [0.5, 0.6) is 0 Å². The third kappa shape index (κ3) is 4.83. The van der Waals surface area contributed by atoms with Crippen molar-refractivity contribution in [1.29, 1.82) is 0 Å². The molecule has 1 aromatic carbocycles. The maximum atomic E-state index is 12.9. The van der Waals surface area contributed by atoms with E-state index in [1.165, 1.54) is 0 Å². The topological polar surface area (TPSA) is 72.5 Å². The summed E-state index contributed by atoms with van der Waals surface area (Å²) >= 11 is 8.05. The van der Waals surface area contributed by atoms with Crippen LogP contribution in [0.4, 0.5) is 5.69 Å². The Hall–Kier alpha value is -2.00. The van der Waals surface area contributed by atoms with E-state index in [2.05, 4.69) is 26.9 Å². The van der Waals surface area contributed by atoms with Crippen molar-refractivity contribution in [3.63, 3.8) is 0 Å². The van der Waals surface area contributed by atoms with Crippen molar-refractivity contribution in [3.05, 3.63) is 51.9 Å². The number of nitrogens with zero attached hydrogens (tertiary/aromatic N) is 3. The number of hydrogen-bond acceptors (Lipinski definition) is 7. The van der Waals surface area contributed by atoms with Gasteiger partial charge in [0.2, 0.25) is 0 Å². The second kappa shape index (κ2) is 9.87. The molecule has 9 heteroatoms. The number of anilines is 1. The highest BCUT2D eigenvalue weighted by Crippen LogP contribution is 2.33. The summed E-state index contributed by atoms with van der Waals surface area (Å²) in [5.74, 6) is 0.441. The van der Waals surface area contributed by atoms with E-state index in [0.29, 0.717) is 11.6 Å².